The van der Waals surface area contributed by atoms with Gasteiger partial charge in [0.25, 0.3) is 0 Å². The van der Waals surface area contributed by atoms with Gasteiger partial charge in [-0.1, -0.05) is 13.3 Å². The highest BCUT2D eigenvalue weighted by atomic mass is 16.5. The van der Waals surface area contributed by atoms with Crippen LogP contribution in [-0.4, -0.2) is 82.8 Å². The van der Waals surface area contributed by atoms with Crippen LogP contribution >= 0.6 is 0 Å². The summed E-state index contributed by atoms with van der Waals surface area (Å²) in [7, 11) is 3.44. The molecule has 10 heteroatoms. The monoisotopic (exact) mass is 525 g/mol. The van der Waals surface area contributed by atoms with E-state index >= 15 is 0 Å². The Morgan fingerprint density at radius 3 is 2.47 bits per heavy atom. The SMILES string of the molecule is CCCCN(CCO)c1nc(N)nc2cn(Cc3cc(OC)c(C4CCN(C(C)C)CC4)cc3OC)nc12. The van der Waals surface area contributed by atoms with Crippen LogP contribution in [-0.2, 0) is 6.54 Å². The van der Waals surface area contributed by atoms with Crippen molar-refractivity contribution in [1.82, 2.24) is 24.6 Å². The van der Waals surface area contributed by atoms with Gasteiger partial charge in [-0.2, -0.15) is 10.1 Å². The Morgan fingerprint density at radius 1 is 1.11 bits per heavy atom. The standard InChI is InChI=1S/C28H43N7O3/c1-6-7-10-34(13-14-36)27-26-23(30-28(29)31-27)18-35(32-26)17-21-15-25(38-5)22(16-24(21)37-4)20-8-11-33(12-9-20)19(2)3/h15-16,18-20,36H,6-14,17H2,1-5H3,(H2,29,30). The van der Waals surface area contributed by atoms with E-state index in [-0.39, 0.29) is 12.6 Å². The molecule has 0 aliphatic carbocycles. The number of benzene rings is 1. The molecule has 2 aromatic heterocycles. The fourth-order valence-electron chi connectivity index (χ4n) is 5.39. The maximum Gasteiger partial charge on any atom is 0.222 e. The van der Waals surface area contributed by atoms with E-state index < -0.39 is 0 Å². The molecule has 0 spiro atoms. The van der Waals surface area contributed by atoms with Crippen molar-refractivity contribution < 1.29 is 14.6 Å². The number of aromatic nitrogens is 4. The van der Waals surface area contributed by atoms with Gasteiger partial charge in [-0.3, -0.25) is 4.68 Å². The van der Waals surface area contributed by atoms with Crippen molar-refractivity contribution in [2.45, 2.75) is 65.0 Å². The van der Waals surface area contributed by atoms with E-state index in [9.17, 15) is 5.11 Å². The lowest BCUT2D eigenvalue weighted by Crippen LogP contribution is -2.37. The number of methoxy groups -OCH3 is 2. The number of aliphatic hydroxyl groups excluding tert-OH is 1. The summed E-state index contributed by atoms with van der Waals surface area (Å²) in [6.07, 6.45) is 6.11. The van der Waals surface area contributed by atoms with Crippen molar-refractivity contribution in [3.05, 3.63) is 29.5 Å². The number of nitrogen functional groups attached to an aromatic ring is 1. The molecule has 208 valence electrons. The molecule has 3 aromatic rings. The molecule has 0 unspecified atom stereocenters. The van der Waals surface area contributed by atoms with Crippen LogP contribution < -0.4 is 20.1 Å². The second kappa shape index (κ2) is 12.6. The van der Waals surface area contributed by atoms with Crippen LogP contribution in [0.2, 0.25) is 0 Å². The van der Waals surface area contributed by atoms with Crippen LogP contribution in [0, 0.1) is 0 Å². The number of anilines is 2. The third-order valence-electron chi connectivity index (χ3n) is 7.53. The molecule has 0 radical (unpaired) electrons. The van der Waals surface area contributed by atoms with Gasteiger partial charge in [0, 0.05) is 30.3 Å². The fraction of sp³-hybridized carbons (Fsp3) is 0.607. The number of rotatable bonds is 12. The smallest absolute Gasteiger partial charge is 0.222 e. The highest BCUT2D eigenvalue weighted by molar-refractivity contribution is 5.86. The van der Waals surface area contributed by atoms with Crippen LogP contribution in [0.3, 0.4) is 0 Å². The van der Waals surface area contributed by atoms with Gasteiger partial charge >= 0.3 is 0 Å². The molecule has 1 aliphatic rings. The largest absolute Gasteiger partial charge is 0.496 e. The molecule has 0 saturated carbocycles. The maximum atomic E-state index is 9.63. The van der Waals surface area contributed by atoms with Crippen LogP contribution in [0.15, 0.2) is 18.3 Å². The average Bonchev–Trinajstić information content (AvgIpc) is 3.32. The molecule has 10 nitrogen and oxygen atoms in total. The van der Waals surface area contributed by atoms with Crippen molar-refractivity contribution in [3.63, 3.8) is 0 Å². The predicted octanol–water partition coefficient (Wildman–Crippen LogP) is 3.66. The topological polar surface area (TPSA) is 115 Å². The van der Waals surface area contributed by atoms with Gasteiger partial charge in [0.15, 0.2) is 11.3 Å². The highest BCUT2D eigenvalue weighted by Crippen LogP contribution is 2.39. The van der Waals surface area contributed by atoms with Crippen molar-refractivity contribution in [1.29, 1.82) is 0 Å². The number of hydrogen-bond donors (Lipinski definition) is 2. The Balaban J connectivity index is 1.64. The molecule has 1 saturated heterocycles. The summed E-state index contributed by atoms with van der Waals surface area (Å²) >= 11 is 0. The number of ether oxygens (including phenoxy) is 2. The van der Waals surface area contributed by atoms with Gasteiger partial charge in [-0.15, -0.1) is 0 Å². The first kappa shape index (κ1) is 27.9. The molecular weight excluding hydrogens is 482 g/mol. The molecule has 3 heterocycles. The van der Waals surface area contributed by atoms with E-state index in [2.05, 4.69) is 47.8 Å². The number of aliphatic hydroxyl groups is 1. The number of fused-ring (bicyclic) bond motifs is 1. The maximum absolute atomic E-state index is 9.63. The molecule has 3 N–H and O–H groups in total. The zero-order valence-corrected chi connectivity index (χ0v) is 23.5. The summed E-state index contributed by atoms with van der Waals surface area (Å²) in [4.78, 5) is 13.5. The first-order valence-corrected chi connectivity index (χ1v) is 13.7. The number of likely N-dealkylation sites (tertiary alicyclic amines) is 1. The summed E-state index contributed by atoms with van der Waals surface area (Å²) in [5.74, 6) is 3.00. The molecular formula is C28H43N7O3. The van der Waals surface area contributed by atoms with Gasteiger partial charge < -0.3 is 30.1 Å². The minimum absolute atomic E-state index is 0.0235. The lowest BCUT2D eigenvalue weighted by molar-refractivity contribution is 0.171. The van der Waals surface area contributed by atoms with Crippen LogP contribution in [0.1, 0.15) is 63.5 Å². The number of nitrogens with zero attached hydrogens (tertiary/aromatic N) is 6. The normalized spacial score (nSPS) is 14.9. The summed E-state index contributed by atoms with van der Waals surface area (Å²) in [5, 5.41) is 14.5. The fourth-order valence-corrected chi connectivity index (χ4v) is 5.39. The van der Waals surface area contributed by atoms with Crippen LogP contribution in [0.4, 0.5) is 11.8 Å². The molecule has 1 aliphatic heterocycles. The van der Waals surface area contributed by atoms with Crippen molar-refractivity contribution in [2.24, 2.45) is 0 Å². The second-order valence-corrected chi connectivity index (χ2v) is 10.3. The number of nitrogens with two attached hydrogens (primary N) is 1. The summed E-state index contributed by atoms with van der Waals surface area (Å²) in [5.41, 5.74) is 9.58. The first-order chi connectivity index (χ1) is 18.4. The first-order valence-electron chi connectivity index (χ1n) is 13.7. The van der Waals surface area contributed by atoms with E-state index in [0.29, 0.717) is 41.9 Å². The number of hydrogen-bond acceptors (Lipinski definition) is 9. The Hall–Kier alpha value is -3.11. The highest BCUT2D eigenvalue weighted by Gasteiger charge is 2.26. The number of piperidine rings is 1. The third kappa shape index (κ3) is 6.13. The molecule has 0 bridgehead atoms. The van der Waals surface area contributed by atoms with Crippen LogP contribution in [0.25, 0.3) is 11.0 Å². The summed E-state index contributed by atoms with van der Waals surface area (Å²) in [6, 6.07) is 4.79. The molecule has 1 aromatic carbocycles. The Kier molecular flexibility index (Phi) is 9.27. The lowest BCUT2D eigenvalue weighted by atomic mass is 9.87. The zero-order valence-electron chi connectivity index (χ0n) is 23.5. The van der Waals surface area contributed by atoms with Gasteiger partial charge in [0.1, 0.15) is 17.0 Å². The number of unbranched alkanes of at least 4 members (excludes halogenated alkanes) is 1. The minimum Gasteiger partial charge on any atom is -0.496 e. The summed E-state index contributed by atoms with van der Waals surface area (Å²) in [6.45, 7) is 10.6. The average molecular weight is 526 g/mol. The lowest BCUT2D eigenvalue weighted by Gasteiger charge is -2.35. The molecule has 0 atom stereocenters. The summed E-state index contributed by atoms with van der Waals surface area (Å²) < 4.78 is 13.6. The quantitative estimate of drug-likeness (QED) is 0.365. The van der Waals surface area contributed by atoms with E-state index in [1.807, 2.05) is 15.8 Å². The minimum atomic E-state index is 0.0235. The van der Waals surface area contributed by atoms with E-state index in [0.717, 1.165) is 62.4 Å². The van der Waals surface area contributed by atoms with Gasteiger partial charge in [0.05, 0.1) is 33.6 Å². The van der Waals surface area contributed by atoms with E-state index in [1.54, 1.807) is 14.2 Å². The van der Waals surface area contributed by atoms with Gasteiger partial charge in [0.2, 0.25) is 5.95 Å². The Labute approximate surface area is 225 Å². The van der Waals surface area contributed by atoms with Crippen LogP contribution in [0.5, 0.6) is 11.5 Å². The van der Waals surface area contributed by atoms with Gasteiger partial charge in [-0.25, -0.2) is 4.98 Å². The van der Waals surface area contributed by atoms with Crippen molar-refractivity contribution >= 4 is 22.8 Å². The van der Waals surface area contributed by atoms with E-state index in [4.69, 9.17) is 20.3 Å². The predicted molar refractivity (Wildman–Crippen MR) is 151 cm³/mol. The Morgan fingerprint density at radius 2 is 1.84 bits per heavy atom. The molecule has 4 rings (SSSR count). The zero-order chi connectivity index (χ0) is 27.2. The molecule has 1 fully saturated rings. The molecule has 0 amide bonds. The van der Waals surface area contributed by atoms with E-state index in [1.165, 1.54) is 5.56 Å². The van der Waals surface area contributed by atoms with Crippen molar-refractivity contribution in [2.75, 3.05) is 57.6 Å². The molecule has 38 heavy (non-hydrogen) atoms. The van der Waals surface area contributed by atoms with Crippen molar-refractivity contribution in [3.8, 4) is 11.5 Å². The second-order valence-electron chi connectivity index (χ2n) is 10.3. The third-order valence-corrected chi connectivity index (χ3v) is 7.53. The Bertz CT molecular complexity index is 1200. The van der Waals surface area contributed by atoms with Gasteiger partial charge in [-0.05, 0) is 64.3 Å².